The van der Waals surface area contributed by atoms with Crippen LogP contribution in [0.5, 0.6) is 0 Å². The molecule has 1 saturated carbocycles. The Labute approximate surface area is 155 Å². The topological polar surface area (TPSA) is 64.7 Å². The quantitative estimate of drug-likeness (QED) is 0.818. The third kappa shape index (κ3) is 5.21. The van der Waals surface area contributed by atoms with Crippen LogP contribution in [-0.4, -0.2) is 55.5 Å². The molecule has 0 aromatic heterocycles. The Morgan fingerprint density at radius 3 is 2.31 bits per heavy atom. The predicted molar refractivity (Wildman–Crippen MR) is 104 cm³/mol. The van der Waals surface area contributed by atoms with Crippen molar-refractivity contribution in [2.75, 3.05) is 42.9 Å². The molecule has 0 atom stereocenters. The highest BCUT2D eigenvalue weighted by molar-refractivity contribution is 5.91. The first-order chi connectivity index (χ1) is 12.6. The number of hydrogen-bond donors (Lipinski definition) is 2. The molecule has 1 aromatic rings. The largest absolute Gasteiger partial charge is 0.369 e. The summed E-state index contributed by atoms with van der Waals surface area (Å²) in [5.41, 5.74) is 2.01. The van der Waals surface area contributed by atoms with Crippen LogP contribution in [0.4, 0.5) is 11.4 Å². The zero-order chi connectivity index (χ0) is 18.4. The van der Waals surface area contributed by atoms with Crippen molar-refractivity contribution < 1.29 is 9.59 Å². The number of amides is 2. The lowest BCUT2D eigenvalue weighted by Crippen LogP contribution is -2.49. The van der Waals surface area contributed by atoms with Gasteiger partial charge in [-0.3, -0.25) is 14.5 Å². The minimum absolute atomic E-state index is 0.0864. The number of rotatable bonds is 6. The molecule has 6 nitrogen and oxygen atoms in total. The fraction of sp³-hybridized carbons (Fsp3) is 0.600. The average molecular weight is 358 g/mol. The zero-order valence-corrected chi connectivity index (χ0v) is 15.7. The number of anilines is 2. The zero-order valence-electron chi connectivity index (χ0n) is 15.7. The minimum atomic E-state index is -0.116. The van der Waals surface area contributed by atoms with Crippen LogP contribution in [0.3, 0.4) is 0 Å². The summed E-state index contributed by atoms with van der Waals surface area (Å²) >= 11 is 0. The van der Waals surface area contributed by atoms with Crippen LogP contribution in [-0.2, 0) is 9.59 Å². The summed E-state index contributed by atoms with van der Waals surface area (Å²) in [5, 5.41) is 5.50. The van der Waals surface area contributed by atoms with Crippen molar-refractivity contribution in [3.63, 3.8) is 0 Å². The van der Waals surface area contributed by atoms with Gasteiger partial charge < -0.3 is 15.5 Å². The maximum atomic E-state index is 11.9. The Hall–Kier alpha value is -2.08. The third-order valence-corrected chi connectivity index (χ3v) is 5.40. The molecule has 0 bridgehead atoms. The van der Waals surface area contributed by atoms with E-state index in [1.807, 2.05) is 12.1 Å². The molecule has 2 fully saturated rings. The molecule has 1 saturated heterocycles. The fourth-order valence-electron chi connectivity index (χ4n) is 3.95. The average Bonchev–Trinajstić information content (AvgIpc) is 3.17. The molecular weight excluding hydrogens is 328 g/mol. The first kappa shape index (κ1) is 18.7. The maximum absolute atomic E-state index is 11.9. The molecule has 26 heavy (non-hydrogen) atoms. The van der Waals surface area contributed by atoms with Crippen molar-refractivity contribution in [3.8, 4) is 0 Å². The second kappa shape index (κ2) is 9.03. The molecule has 0 unspecified atom stereocenters. The number of hydrogen-bond acceptors (Lipinski definition) is 4. The van der Waals surface area contributed by atoms with Gasteiger partial charge >= 0.3 is 0 Å². The number of nitrogens with one attached hydrogen (secondary N) is 2. The van der Waals surface area contributed by atoms with Crippen LogP contribution >= 0.6 is 0 Å². The monoisotopic (exact) mass is 358 g/mol. The van der Waals surface area contributed by atoms with Gasteiger partial charge in [-0.1, -0.05) is 12.8 Å². The first-order valence-corrected chi connectivity index (χ1v) is 9.75. The van der Waals surface area contributed by atoms with E-state index in [2.05, 4.69) is 32.6 Å². The van der Waals surface area contributed by atoms with Crippen LogP contribution in [0.15, 0.2) is 24.3 Å². The Morgan fingerprint density at radius 2 is 1.69 bits per heavy atom. The molecule has 2 aliphatic rings. The summed E-state index contributed by atoms with van der Waals surface area (Å²) in [5.74, 6) is -0.202. The third-order valence-electron chi connectivity index (χ3n) is 5.40. The summed E-state index contributed by atoms with van der Waals surface area (Å²) < 4.78 is 0. The smallest absolute Gasteiger partial charge is 0.226 e. The molecule has 1 aromatic carbocycles. The van der Waals surface area contributed by atoms with Crippen molar-refractivity contribution >= 4 is 23.2 Å². The van der Waals surface area contributed by atoms with Gasteiger partial charge in [0.15, 0.2) is 0 Å². The van der Waals surface area contributed by atoms with Crippen molar-refractivity contribution in [2.24, 2.45) is 0 Å². The Bertz CT molecular complexity index is 603. The van der Waals surface area contributed by atoms with Gasteiger partial charge in [-0.05, 0) is 37.1 Å². The Balaban J connectivity index is 1.44. The van der Waals surface area contributed by atoms with Crippen molar-refractivity contribution in [2.45, 2.75) is 45.1 Å². The van der Waals surface area contributed by atoms with Crippen LogP contribution in [0.2, 0.25) is 0 Å². The normalized spacial score (nSPS) is 18.7. The molecule has 0 spiro atoms. The maximum Gasteiger partial charge on any atom is 0.226 e. The molecule has 2 N–H and O–H groups in total. The Kier molecular flexibility index (Phi) is 6.50. The van der Waals surface area contributed by atoms with E-state index in [0.29, 0.717) is 6.54 Å². The Morgan fingerprint density at radius 1 is 1.04 bits per heavy atom. The van der Waals surface area contributed by atoms with Crippen molar-refractivity contribution in [3.05, 3.63) is 24.3 Å². The molecule has 142 valence electrons. The van der Waals surface area contributed by atoms with Gasteiger partial charge in [-0.2, -0.15) is 0 Å². The number of carbonyl (C=O) groups excluding carboxylic acids is 2. The minimum Gasteiger partial charge on any atom is -0.369 e. The van der Waals surface area contributed by atoms with E-state index < -0.39 is 0 Å². The summed E-state index contributed by atoms with van der Waals surface area (Å²) in [4.78, 5) is 27.8. The highest BCUT2D eigenvalue weighted by atomic mass is 16.2. The highest BCUT2D eigenvalue weighted by Gasteiger charge is 2.26. The van der Waals surface area contributed by atoms with Gasteiger partial charge in [0.05, 0.1) is 0 Å². The SMILES string of the molecule is CC(=O)NCCC(=O)Nc1ccc(N2CCN(C3CCCC3)CC2)cc1. The summed E-state index contributed by atoms with van der Waals surface area (Å²) in [6, 6.07) is 8.88. The van der Waals surface area contributed by atoms with E-state index in [4.69, 9.17) is 0 Å². The summed E-state index contributed by atoms with van der Waals surface area (Å²) in [6.45, 7) is 6.24. The number of piperazine rings is 1. The van der Waals surface area contributed by atoms with Gasteiger partial charge in [0.1, 0.15) is 0 Å². The molecule has 6 heteroatoms. The van der Waals surface area contributed by atoms with E-state index in [1.54, 1.807) is 0 Å². The first-order valence-electron chi connectivity index (χ1n) is 9.75. The number of benzene rings is 1. The van der Waals surface area contributed by atoms with Crippen molar-refractivity contribution in [1.29, 1.82) is 0 Å². The van der Waals surface area contributed by atoms with Gasteiger partial charge in [0.2, 0.25) is 11.8 Å². The van der Waals surface area contributed by atoms with Gasteiger partial charge in [-0.25, -0.2) is 0 Å². The highest BCUT2D eigenvalue weighted by Crippen LogP contribution is 2.26. The summed E-state index contributed by atoms with van der Waals surface area (Å²) in [7, 11) is 0. The number of carbonyl (C=O) groups is 2. The molecule has 2 amide bonds. The second-order valence-electron chi connectivity index (χ2n) is 7.29. The van der Waals surface area contributed by atoms with Crippen LogP contribution in [0, 0.1) is 0 Å². The number of nitrogens with zero attached hydrogens (tertiary/aromatic N) is 2. The van der Waals surface area contributed by atoms with Gasteiger partial charge in [0, 0.05) is 63.5 Å². The molecular formula is C20H30N4O2. The van der Waals surface area contributed by atoms with E-state index in [0.717, 1.165) is 37.9 Å². The van der Waals surface area contributed by atoms with Crippen LogP contribution in [0.25, 0.3) is 0 Å². The van der Waals surface area contributed by atoms with Gasteiger partial charge in [0.25, 0.3) is 0 Å². The standard InChI is InChI=1S/C20H30N4O2/c1-16(25)21-11-10-20(26)22-17-6-8-19(9-7-17)24-14-12-23(13-15-24)18-4-2-3-5-18/h6-9,18H,2-5,10-15H2,1H3,(H,21,25)(H,22,26). The predicted octanol–water partition coefficient (Wildman–Crippen LogP) is 2.22. The fourth-order valence-corrected chi connectivity index (χ4v) is 3.95. The lowest BCUT2D eigenvalue weighted by atomic mass is 10.1. The van der Waals surface area contributed by atoms with E-state index in [9.17, 15) is 9.59 Å². The second-order valence-corrected chi connectivity index (χ2v) is 7.29. The molecule has 1 heterocycles. The van der Waals surface area contributed by atoms with Crippen molar-refractivity contribution in [1.82, 2.24) is 10.2 Å². The van der Waals surface area contributed by atoms with Gasteiger partial charge in [-0.15, -0.1) is 0 Å². The van der Waals surface area contributed by atoms with E-state index >= 15 is 0 Å². The van der Waals surface area contributed by atoms with Crippen LogP contribution in [0.1, 0.15) is 39.0 Å². The lowest BCUT2D eigenvalue weighted by molar-refractivity contribution is -0.119. The summed E-state index contributed by atoms with van der Waals surface area (Å²) in [6.07, 6.45) is 5.81. The van der Waals surface area contributed by atoms with E-state index in [1.165, 1.54) is 38.3 Å². The van der Waals surface area contributed by atoms with E-state index in [-0.39, 0.29) is 18.2 Å². The molecule has 1 aliphatic heterocycles. The molecule has 3 rings (SSSR count). The van der Waals surface area contributed by atoms with Crippen LogP contribution < -0.4 is 15.5 Å². The molecule has 1 aliphatic carbocycles. The lowest BCUT2D eigenvalue weighted by Gasteiger charge is -2.39. The molecule has 0 radical (unpaired) electrons.